The number of carbonyl (C=O) groups is 2. The van der Waals surface area contributed by atoms with Crippen molar-refractivity contribution >= 4 is 33.4 Å². The Morgan fingerprint density at radius 2 is 2.00 bits per heavy atom. The van der Waals surface area contributed by atoms with Gasteiger partial charge >= 0.3 is 0 Å². The van der Waals surface area contributed by atoms with Gasteiger partial charge in [-0.1, -0.05) is 46.3 Å². The molecule has 1 fully saturated rings. The van der Waals surface area contributed by atoms with E-state index in [4.69, 9.17) is 0 Å². The van der Waals surface area contributed by atoms with Crippen LogP contribution in [-0.4, -0.2) is 24.9 Å². The second-order valence-electron chi connectivity index (χ2n) is 6.29. The topological polar surface area (TPSA) is 49.4 Å². The van der Waals surface area contributed by atoms with Crippen LogP contribution in [0.1, 0.15) is 17.5 Å². The molecular weight excluding hydrogens is 380 g/mol. The zero-order valence-electron chi connectivity index (χ0n) is 14.2. The average Bonchev–Trinajstić information content (AvgIpc) is 2.97. The molecule has 1 saturated heterocycles. The number of carbonyl (C=O) groups excluding carboxylic acids is 2. The lowest BCUT2D eigenvalue weighted by molar-refractivity contribution is -0.132. The fraction of sp³-hybridized carbons (Fsp3) is 0.300. The normalized spacial score (nSPS) is 17.0. The summed E-state index contributed by atoms with van der Waals surface area (Å²) in [5, 5.41) is 2.91. The standard InChI is InChI=1S/C20H21BrN2O2/c1-14-13-16(21)7-8-18(14)23-12-10-17(20(23)25)19(24)22-11-9-15-5-3-2-4-6-15/h2-8,13,17H,9-12H2,1H3,(H,22,24)/t17-/m1/s1. The molecule has 5 heteroatoms. The quantitative estimate of drug-likeness (QED) is 0.781. The molecule has 0 spiro atoms. The van der Waals surface area contributed by atoms with Gasteiger partial charge in [0.2, 0.25) is 11.8 Å². The van der Waals surface area contributed by atoms with E-state index >= 15 is 0 Å². The van der Waals surface area contributed by atoms with E-state index in [9.17, 15) is 9.59 Å². The van der Waals surface area contributed by atoms with Gasteiger partial charge in [-0.3, -0.25) is 9.59 Å². The van der Waals surface area contributed by atoms with Crippen molar-refractivity contribution in [3.05, 3.63) is 64.1 Å². The van der Waals surface area contributed by atoms with Gasteiger partial charge in [0, 0.05) is 23.2 Å². The van der Waals surface area contributed by atoms with Crippen LogP contribution < -0.4 is 10.2 Å². The summed E-state index contributed by atoms with van der Waals surface area (Å²) >= 11 is 3.44. The highest BCUT2D eigenvalue weighted by Crippen LogP contribution is 2.29. The minimum Gasteiger partial charge on any atom is -0.355 e. The number of hydrogen-bond acceptors (Lipinski definition) is 2. The molecule has 1 N–H and O–H groups in total. The third-order valence-electron chi connectivity index (χ3n) is 4.53. The van der Waals surface area contributed by atoms with Crippen LogP contribution >= 0.6 is 15.9 Å². The number of halogens is 1. The van der Waals surface area contributed by atoms with Gasteiger partial charge in [0.15, 0.2) is 0 Å². The maximum absolute atomic E-state index is 12.7. The first-order valence-corrected chi connectivity index (χ1v) is 9.25. The summed E-state index contributed by atoms with van der Waals surface area (Å²) in [6.45, 7) is 3.10. The molecule has 0 aliphatic carbocycles. The van der Waals surface area contributed by atoms with Gasteiger partial charge in [0.25, 0.3) is 0 Å². The van der Waals surface area contributed by atoms with Crippen molar-refractivity contribution in [2.45, 2.75) is 19.8 Å². The molecule has 0 unspecified atom stereocenters. The Labute approximate surface area is 156 Å². The molecule has 1 heterocycles. The predicted octanol–water partition coefficient (Wildman–Crippen LogP) is 3.47. The largest absolute Gasteiger partial charge is 0.355 e. The molecule has 2 amide bonds. The Balaban J connectivity index is 1.58. The van der Waals surface area contributed by atoms with E-state index in [1.807, 2.05) is 55.5 Å². The maximum Gasteiger partial charge on any atom is 0.239 e. The number of amides is 2. The highest BCUT2D eigenvalue weighted by atomic mass is 79.9. The van der Waals surface area contributed by atoms with E-state index in [1.165, 1.54) is 5.56 Å². The average molecular weight is 401 g/mol. The summed E-state index contributed by atoms with van der Waals surface area (Å²) in [5.74, 6) is -0.861. The lowest BCUT2D eigenvalue weighted by Gasteiger charge is -2.19. The van der Waals surface area contributed by atoms with Crippen LogP contribution in [0, 0.1) is 12.8 Å². The molecule has 0 saturated carbocycles. The minimum absolute atomic E-state index is 0.109. The van der Waals surface area contributed by atoms with Crippen LogP contribution in [0.5, 0.6) is 0 Å². The lowest BCUT2D eigenvalue weighted by Crippen LogP contribution is -2.37. The highest BCUT2D eigenvalue weighted by Gasteiger charge is 2.37. The zero-order valence-corrected chi connectivity index (χ0v) is 15.8. The SMILES string of the molecule is Cc1cc(Br)ccc1N1CC[C@H](C(=O)NCCc2ccccc2)C1=O. The van der Waals surface area contributed by atoms with Gasteiger partial charge in [-0.05, 0) is 49.1 Å². The Morgan fingerprint density at radius 1 is 1.24 bits per heavy atom. The molecular formula is C20H21BrN2O2. The van der Waals surface area contributed by atoms with Gasteiger partial charge in [-0.15, -0.1) is 0 Å². The fourth-order valence-corrected chi connectivity index (χ4v) is 3.66. The lowest BCUT2D eigenvalue weighted by atomic mass is 10.1. The maximum atomic E-state index is 12.7. The third-order valence-corrected chi connectivity index (χ3v) is 5.02. The molecule has 0 bridgehead atoms. The molecule has 1 aliphatic heterocycles. The van der Waals surface area contributed by atoms with Gasteiger partial charge in [-0.25, -0.2) is 0 Å². The summed E-state index contributed by atoms with van der Waals surface area (Å²) < 4.78 is 0.982. The zero-order chi connectivity index (χ0) is 17.8. The Bertz CT molecular complexity index is 777. The number of benzene rings is 2. The molecule has 0 aromatic heterocycles. The second kappa shape index (κ2) is 7.83. The van der Waals surface area contributed by atoms with E-state index in [0.29, 0.717) is 19.5 Å². The van der Waals surface area contributed by atoms with Crippen molar-refractivity contribution in [2.24, 2.45) is 5.92 Å². The summed E-state index contributed by atoms with van der Waals surface area (Å²) in [7, 11) is 0. The number of hydrogen-bond donors (Lipinski definition) is 1. The van der Waals surface area contributed by atoms with Crippen molar-refractivity contribution in [3.8, 4) is 0 Å². The highest BCUT2D eigenvalue weighted by molar-refractivity contribution is 9.10. The van der Waals surface area contributed by atoms with Crippen molar-refractivity contribution < 1.29 is 9.59 Å². The number of nitrogens with zero attached hydrogens (tertiary/aromatic N) is 1. The molecule has 3 rings (SSSR count). The Kier molecular flexibility index (Phi) is 5.53. The second-order valence-corrected chi connectivity index (χ2v) is 7.20. The molecule has 2 aromatic carbocycles. The number of nitrogens with one attached hydrogen (secondary N) is 1. The van der Waals surface area contributed by atoms with E-state index in [1.54, 1.807) is 4.90 Å². The first-order chi connectivity index (χ1) is 12.1. The van der Waals surface area contributed by atoms with Crippen LogP contribution in [0.3, 0.4) is 0 Å². The van der Waals surface area contributed by atoms with Gasteiger partial charge in [0.05, 0.1) is 0 Å². The molecule has 25 heavy (non-hydrogen) atoms. The van der Waals surface area contributed by atoms with E-state index in [0.717, 1.165) is 22.1 Å². The fourth-order valence-electron chi connectivity index (χ4n) is 3.18. The summed E-state index contributed by atoms with van der Waals surface area (Å²) in [6, 6.07) is 15.8. The number of anilines is 1. The summed E-state index contributed by atoms with van der Waals surface area (Å²) in [4.78, 5) is 26.8. The minimum atomic E-state index is -0.584. The molecule has 1 atom stereocenters. The summed E-state index contributed by atoms with van der Waals surface area (Å²) in [5.41, 5.74) is 3.08. The number of aryl methyl sites for hydroxylation is 1. The molecule has 130 valence electrons. The van der Waals surface area contributed by atoms with Crippen LogP contribution in [0.25, 0.3) is 0 Å². The van der Waals surface area contributed by atoms with Crippen molar-refractivity contribution in [1.82, 2.24) is 5.32 Å². The molecule has 2 aromatic rings. The molecule has 4 nitrogen and oxygen atoms in total. The van der Waals surface area contributed by atoms with E-state index < -0.39 is 5.92 Å². The van der Waals surface area contributed by atoms with Crippen molar-refractivity contribution in [2.75, 3.05) is 18.0 Å². The predicted molar refractivity (Wildman–Crippen MR) is 102 cm³/mol. The van der Waals surface area contributed by atoms with E-state index in [-0.39, 0.29) is 11.8 Å². The van der Waals surface area contributed by atoms with Gasteiger partial charge in [-0.2, -0.15) is 0 Å². The Hall–Kier alpha value is -2.14. The van der Waals surface area contributed by atoms with Gasteiger partial charge < -0.3 is 10.2 Å². The summed E-state index contributed by atoms with van der Waals surface area (Å²) in [6.07, 6.45) is 1.33. The first kappa shape index (κ1) is 17.7. The smallest absolute Gasteiger partial charge is 0.239 e. The van der Waals surface area contributed by atoms with Crippen LogP contribution in [0.4, 0.5) is 5.69 Å². The number of rotatable bonds is 5. The molecule has 0 radical (unpaired) electrons. The van der Waals surface area contributed by atoms with Crippen LogP contribution in [-0.2, 0) is 16.0 Å². The third kappa shape index (κ3) is 4.10. The van der Waals surface area contributed by atoms with Crippen LogP contribution in [0.2, 0.25) is 0 Å². The van der Waals surface area contributed by atoms with Crippen LogP contribution in [0.15, 0.2) is 53.0 Å². The molecule has 1 aliphatic rings. The van der Waals surface area contributed by atoms with E-state index in [2.05, 4.69) is 21.2 Å². The van der Waals surface area contributed by atoms with Crippen molar-refractivity contribution in [3.63, 3.8) is 0 Å². The van der Waals surface area contributed by atoms with Crippen molar-refractivity contribution in [1.29, 1.82) is 0 Å². The van der Waals surface area contributed by atoms with Gasteiger partial charge in [0.1, 0.15) is 5.92 Å². The first-order valence-electron chi connectivity index (χ1n) is 8.45. The monoisotopic (exact) mass is 400 g/mol. The Morgan fingerprint density at radius 3 is 2.72 bits per heavy atom.